The number of carbonyl (C=O) groups excluding carboxylic acids is 1. The quantitative estimate of drug-likeness (QED) is 0.818. The molecule has 20 heavy (non-hydrogen) atoms. The predicted octanol–water partition coefficient (Wildman–Crippen LogP) is 1.45. The van der Waals surface area contributed by atoms with Crippen LogP contribution in [0.25, 0.3) is 0 Å². The second-order valence-electron chi connectivity index (χ2n) is 5.30. The van der Waals surface area contributed by atoms with Crippen LogP contribution in [0.3, 0.4) is 0 Å². The zero-order valence-electron chi connectivity index (χ0n) is 11.7. The van der Waals surface area contributed by atoms with Crippen molar-refractivity contribution >= 4 is 17.6 Å². The number of likely N-dealkylation sites (N-methyl/N-ethyl adjacent to an activating group) is 1. The Morgan fingerprint density at radius 1 is 1.20 bits per heavy atom. The van der Waals surface area contributed by atoms with Crippen LogP contribution in [-0.4, -0.2) is 48.6 Å². The molecule has 5 heteroatoms. The van der Waals surface area contributed by atoms with Gasteiger partial charge in [0.2, 0.25) is 5.91 Å². The van der Waals surface area contributed by atoms with Crippen molar-refractivity contribution in [2.45, 2.75) is 12.8 Å². The summed E-state index contributed by atoms with van der Waals surface area (Å²) in [6.45, 7) is 0.764. The molecule has 0 aliphatic heterocycles. The third kappa shape index (κ3) is 4.35. The number of aliphatic carboxylic acids is 1. The van der Waals surface area contributed by atoms with Crippen molar-refractivity contribution in [1.82, 2.24) is 4.90 Å². The largest absolute Gasteiger partial charge is 0.480 e. The maximum atomic E-state index is 12.2. The third-order valence-electron chi connectivity index (χ3n) is 3.45. The predicted molar refractivity (Wildman–Crippen MR) is 76.7 cm³/mol. The summed E-state index contributed by atoms with van der Waals surface area (Å²) in [6, 6.07) is 9.36. The minimum atomic E-state index is -0.888. The average Bonchev–Trinajstić information content (AvgIpc) is 3.22. The summed E-state index contributed by atoms with van der Waals surface area (Å²) in [5, 5.41) is 8.92. The Labute approximate surface area is 118 Å². The lowest BCUT2D eigenvalue weighted by Crippen LogP contribution is -2.41. The number of amides is 1. The van der Waals surface area contributed by atoms with Gasteiger partial charge in [-0.25, -0.2) is 0 Å². The molecule has 1 aliphatic carbocycles. The fourth-order valence-corrected chi connectivity index (χ4v) is 2.13. The van der Waals surface area contributed by atoms with Gasteiger partial charge in [0, 0.05) is 19.3 Å². The molecule has 0 radical (unpaired) electrons. The Kier molecular flexibility index (Phi) is 4.74. The van der Waals surface area contributed by atoms with Gasteiger partial charge in [-0.15, -0.1) is 0 Å². The van der Waals surface area contributed by atoms with Crippen LogP contribution in [0.1, 0.15) is 12.8 Å². The lowest BCUT2D eigenvalue weighted by atomic mass is 10.3. The maximum Gasteiger partial charge on any atom is 0.317 e. The first-order valence-electron chi connectivity index (χ1n) is 6.82. The molecule has 1 aromatic rings. The Morgan fingerprint density at radius 2 is 1.85 bits per heavy atom. The van der Waals surface area contributed by atoms with E-state index in [2.05, 4.69) is 0 Å². The highest BCUT2D eigenvalue weighted by Crippen LogP contribution is 2.29. The Balaban J connectivity index is 1.94. The minimum Gasteiger partial charge on any atom is -0.480 e. The Bertz CT molecular complexity index is 471. The minimum absolute atomic E-state index is 0.0785. The van der Waals surface area contributed by atoms with Crippen molar-refractivity contribution in [3.8, 4) is 0 Å². The van der Waals surface area contributed by atoms with Crippen LogP contribution in [0, 0.1) is 5.92 Å². The number of carboxylic acid groups (broad SMARTS) is 1. The van der Waals surface area contributed by atoms with Crippen molar-refractivity contribution in [3.05, 3.63) is 30.3 Å². The summed E-state index contributed by atoms with van der Waals surface area (Å²) in [7, 11) is 1.72. The van der Waals surface area contributed by atoms with Crippen LogP contribution in [0.15, 0.2) is 30.3 Å². The topological polar surface area (TPSA) is 60.9 Å². The van der Waals surface area contributed by atoms with Gasteiger partial charge in [0.15, 0.2) is 0 Å². The first kappa shape index (κ1) is 14.5. The van der Waals surface area contributed by atoms with Gasteiger partial charge in [0.1, 0.15) is 0 Å². The van der Waals surface area contributed by atoms with E-state index in [-0.39, 0.29) is 19.0 Å². The summed E-state index contributed by atoms with van der Waals surface area (Å²) in [4.78, 5) is 26.4. The SMILES string of the molecule is CN(C(=O)CN(CC(=O)O)CC1CC1)c1ccccc1. The molecule has 1 amide bonds. The van der Waals surface area contributed by atoms with E-state index >= 15 is 0 Å². The molecule has 0 saturated heterocycles. The van der Waals surface area contributed by atoms with E-state index in [1.54, 1.807) is 16.8 Å². The van der Waals surface area contributed by atoms with E-state index in [0.717, 1.165) is 18.5 Å². The number of benzene rings is 1. The van der Waals surface area contributed by atoms with E-state index in [9.17, 15) is 9.59 Å². The summed E-state index contributed by atoms with van der Waals surface area (Å²) in [5.41, 5.74) is 0.819. The fraction of sp³-hybridized carbons (Fsp3) is 0.467. The van der Waals surface area contributed by atoms with E-state index in [0.29, 0.717) is 12.5 Å². The molecule has 0 bridgehead atoms. The Morgan fingerprint density at radius 3 is 2.40 bits per heavy atom. The molecular formula is C15H20N2O3. The molecule has 1 fully saturated rings. The zero-order chi connectivity index (χ0) is 14.5. The fourth-order valence-electron chi connectivity index (χ4n) is 2.13. The molecule has 0 heterocycles. The number of anilines is 1. The first-order chi connectivity index (χ1) is 9.56. The molecule has 2 rings (SSSR count). The molecule has 0 aromatic heterocycles. The van der Waals surface area contributed by atoms with Gasteiger partial charge in [0.25, 0.3) is 0 Å². The van der Waals surface area contributed by atoms with Gasteiger partial charge in [-0.3, -0.25) is 14.5 Å². The number of hydrogen-bond donors (Lipinski definition) is 1. The number of rotatable bonds is 7. The molecule has 5 nitrogen and oxygen atoms in total. The molecular weight excluding hydrogens is 256 g/mol. The summed E-state index contributed by atoms with van der Waals surface area (Å²) < 4.78 is 0. The first-order valence-corrected chi connectivity index (χ1v) is 6.82. The Hall–Kier alpha value is -1.88. The highest BCUT2D eigenvalue weighted by Gasteiger charge is 2.27. The number of nitrogens with zero attached hydrogens (tertiary/aromatic N) is 2. The molecule has 0 spiro atoms. The summed E-state index contributed by atoms with van der Waals surface area (Å²) in [6.07, 6.45) is 2.28. The molecule has 1 aliphatic rings. The number of carbonyl (C=O) groups is 2. The molecule has 0 unspecified atom stereocenters. The van der Waals surface area contributed by atoms with Gasteiger partial charge >= 0.3 is 5.97 Å². The van der Waals surface area contributed by atoms with Crippen molar-refractivity contribution < 1.29 is 14.7 Å². The van der Waals surface area contributed by atoms with Crippen molar-refractivity contribution in [3.63, 3.8) is 0 Å². The van der Waals surface area contributed by atoms with Crippen LogP contribution in [-0.2, 0) is 9.59 Å². The van der Waals surface area contributed by atoms with Crippen molar-refractivity contribution in [1.29, 1.82) is 0 Å². The third-order valence-corrected chi connectivity index (χ3v) is 3.45. The normalized spacial score (nSPS) is 14.3. The second kappa shape index (κ2) is 6.52. The molecule has 1 saturated carbocycles. The molecule has 1 N–H and O–H groups in total. The number of hydrogen-bond acceptors (Lipinski definition) is 3. The lowest BCUT2D eigenvalue weighted by Gasteiger charge is -2.23. The van der Waals surface area contributed by atoms with Crippen LogP contribution in [0.5, 0.6) is 0 Å². The van der Waals surface area contributed by atoms with Gasteiger partial charge < -0.3 is 10.0 Å². The smallest absolute Gasteiger partial charge is 0.317 e. The van der Waals surface area contributed by atoms with E-state index < -0.39 is 5.97 Å². The van der Waals surface area contributed by atoms with E-state index in [1.165, 1.54) is 0 Å². The summed E-state index contributed by atoms with van der Waals surface area (Å²) in [5.74, 6) is -0.414. The van der Waals surface area contributed by atoms with Gasteiger partial charge in [-0.1, -0.05) is 18.2 Å². The van der Waals surface area contributed by atoms with Crippen LogP contribution in [0.4, 0.5) is 5.69 Å². The van der Waals surface area contributed by atoms with Gasteiger partial charge in [0.05, 0.1) is 13.1 Å². The summed E-state index contributed by atoms with van der Waals surface area (Å²) >= 11 is 0. The number of carboxylic acids is 1. The van der Waals surface area contributed by atoms with Crippen LogP contribution >= 0.6 is 0 Å². The monoisotopic (exact) mass is 276 g/mol. The second-order valence-corrected chi connectivity index (χ2v) is 5.30. The van der Waals surface area contributed by atoms with Crippen LogP contribution < -0.4 is 4.90 Å². The molecule has 108 valence electrons. The zero-order valence-corrected chi connectivity index (χ0v) is 11.7. The lowest BCUT2D eigenvalue weighted by molar-refractivity contribution is -0.138. The standard InChI is InChI=1S/C15H20N2O3/c1-16(13-5-3-2-4-6-13)14(18)10-17(11-15(19)20)9-12-7-8-12/h2-6,12H,7-11H2,1H3,(H,19,20). The van der Waals surface area contributed by atoms with Gasteiger partial charge in [-0.2, -0.15) is 0 Å². The maximum absolute atomic E-state index is 12.2. The van der Waals surface area contributed by atoms with E-state index in [4.69, 9.17) is 5.11 Å². The van der Waals surface area contributed by atoms with E-state index in [1.807, 2.05) is 30.3 Å². The molecule has 0 atom stereocenters. The van der Waals surface area contributed by atoms with Gasteiger partial charge in [-0.05, 0) is 30.9 Å². The highest BCUT2D eigenvalue weighted by molar-refractivity contribution is 5.94. The highest BCUT2D eigenvalue weighted by atomic mass is 16.4. The van der Waals surface area contributed by atoms with Crippen molar-refractivity contribution in [2.75, 3.05) is 31.6 Å². The average molecular weight is 276 g/mol. The number of para-hydroxylation sites is 1. The van der Waals surface area contributed by atoms with Crippen LogP contribution in [0.2, 0.25) is 0 Å². The molecule has 1 aromatic carbocycles. The van der Waals surface area contributed by atoms with Crippen molar-refractivity contribution in [2.24, 2.45) is 5.92 Å².